The Kier molecular flexibility index (Phi) is 13.7. The highest BCUT2D eigenvalue weighted by Crippen LogP contribution is 2.25. The zero-order chi connectivity index (χ0) is 25.3. The van der Waals surface area contributed by atoms with Crippen molar-refractivity contribution in [3.63, 3.8) is 0 Å². The zero-order valence-corrected chi connectivity index (χ0v) is 21.0. The van der Waals surface area contributed by atoms with Gasteiger partial charge in [0.1, 0.15) is 28.2 Å². The lowest BCUT2D eigenvalue weighted by atomic mass is 10.1. The van der Waals surface area contributed by atoms with Crippen LogP contribution in [0.15, 0.2) is 29.4 Å². The number of hydrogen-bond donors (Lipinski definition) is 4. The van der Waals surface area contributed by atoms with Crippen LogP contribution in [0.25, 0.3) is 0 Å². The van der Waals surface area contributed by atoms with Crippen molar-refractivity contribution in [3.8, 4) is 5.75 Å². The molecule has 0 saturated carbocycles. The number of carbonyl (C=O) groups is 2. The van der Waals surface area contributed by atoms with Crippen molar-refractivity contribution >= 4 is 23.7 Å². The molecule has 1 aliphatic heterocycles. The number of ether oxygens (including phenoxy) is 4. The number of benzene rings is 1. The van der Waals surface area contributed by atoms with E-state index < -0.39 is 5.25 Å². The van der Waals surface area contributed by atoms with E-state index in [0.29, 0.717) is 52.7 Å². The Hall–Kier alpha value is -2.70. The van der Waals surface area contributed by atoms with Gasteiger partial charge in [0.15, 0.2) is 0 Å². The Morgan fingerprint density at radius 2 is 1.89 bits per heavy atom. The number of methoxy groups -OCH3 is 1. The van der Waals surface area contributed by atoms with Gasteiger partial charge in [-0.1, -0.05) is 19.1 Å². The minimum Gasteiger partial charge on any atom is -0.497 e. The van der Waals surface area contributed by atoms with Crippen molar-refractivity contribution in [3.05, 3.63) is 29.8 Å². The maximum atomic E-state index is 13.0. The molecule has 2 unspecified atom stereocenters. The molecule has 194 valence electrons. The Balaban J connectivity index is 1.77. The molecule has 0 spiro atoms. The lowest BCUT2D eigenvalue weighted by Crippen LogP contribution is -2.54. The summed E-state index contributed by atoms with van der Waals surface area (Å²) in [5, 5.41) is 11.4. The molecule has 1 aromatic carbocycles. The van der Waals surface area contributed by atoms with Crippen molar-refractivity contribution < 1.29 is 28.5 Å². The maximum Gasteiger partial charge on any atom is 0.315 e. The molecule has 4 N–H and O–H groups in total. The zero-order valence-electron chi connectivity index (χ0n) is 20.2. The number of nitrogens with zero attached hydrogens (tertiary/aromatic N) is 2. The fourth-order valence-corrected chi connectivity index (χ4v) is 4.31. The van der Waals surface area contributed by atoms with Gasteiger partial charge in [0.25, 0.3) is 0 Å². The second-order valence-electron chi connectivity index (χ2n) is 7.71. The fraction of sp³-hybridized carbons (Fsp3) is 0.636. The van der Waals surface area contributed by atoms with Crippen LogP contribution in [0.4, 0.5) is 4.79 Å². The van der Waals surface area contributed by atoms with Crippen LogP contribution in [0, 0.1) is 11.4 Å². The van der Waals surface area contributed by atoms with E-state index in [1.54, 1.807) is 7.11 Å². The highest BCUT2D eigenvalue weighted by molar-refractivity contribution is 8.01. The quantitative estimate of drug-likeness (QED) is 0.139. The largest absolute Gasteiger partial charge is 0.497 e. The average molecular weight is 512 g/mol. The molecule has 0 aliphatic carbocycles. The summed E-state index contributed by atoms with van der Waals surface area (Å²) in [5.74, 6) is 0.743. The lowest BCUT2D eigenvalue weighted by Gasteiger charge is -2.32. The summed E-state index contributed by atoms with van der Waals surface area (Å²) < 4.78 is 21.6. The molecule has 13 heteroatoms. The molecule has 0 aromatic heterocycles. The van der Waals surface area contributed by atoms with E-state index in [0.717, 1.165) is 11.3 Å². The number of carbonyl (C=O) groups excluding carboxylic acids is 2. The SMILES string of the molecule is COc1ccc(CNC(=O)[C@H](COCCOCCOCCN=[N+]=N)SC2NC(=O)NCC2C)cc1. The van der Waals surface area contributed by atoms with Gasteiger partial charge in [-0.3, -0.25) is 4.79 Å². The van der Waals surface area contributed by atoms with Gasteiger partial charge in [-0.15, -0.1) is 11.8 Å². The number of rotatable bonds is 17. The van der Waals surface area contributed by atoms with Crippen LogP contribution in [0.1, 0.15) is 12.5 Å². The summed E-state index contributed by atoms with van der Waals surface area (Å²) >= 11 is 1.39. The van der Waals surface area contributed by atoms with E-state index >= 15 is 0 Å². The third kappa shape index (κ3) is 11.5. The van der Waals surface area contributed by atoms with Crippen LogP contribution in [0.3, 0.4) is 0 Å². The summed E-state index contributed by atoms with van der Waals surface area (Å²) in [7, 11) is 1.61. The van der Waals surface area contributed by atoms with Crippen molar-refractivity contribution in [1.82, 2.24) is 20.9 Å². The second kappa shape index (κ2) is 16.8. The van der Waals surface area contributed by atoms with E-state index in [1.165, 1.54) is 11.8 Å². The predicted octanol–water partition coefficient (Wildman–Crippen LogP) is 1.29. The molecule has 3 atom stereocenters. The van der Waals surface area contributed by atoms with Crippen LogP contribution in [0.5, 0.6) is 5.75 Å². The van der Waals surface area contributed by atoms with Gasteiger partial charge in [-0.05, 0) is 17.7 Å². The first-order valence-electron chi connectivity index (χ1n) is 11.4. The Morgan fingerprint density at radius 3 is 2.57 bits per heavy atom. The summed E-state index contributed by atoms with van der Waals surface area (Å²) in [6, 6.07) is 7.24. The number of hydrogen-bond acceptors (Lipinski definition) is 9. The van der Waals surface area contributed by atoms with Crippen LogP contribution in [-0.2, 0) is 25.5 Å². The van der Waals surface area contributed by atoms with E-state index in [1.807, 2.05) is 31.2 Å². The highest BCUT2D eigenvalue weighted by atomic mass is 32.2. The number of amides is 3. The molecule has 35 heavy (non-hydrogen) atoms. The van der Waals surface area contributed by atoms with Crippen molar-refractivity contribution in [2.45, 2.75) is 24.1 Å². The maximum absolute atomic E-state index is 13.0. The molecule has 3 amide bonds. The molecule has 12 nitrogen and oxygen atoms in total. The molecular formula is C22H35N6O6S+. The van der Waals surface area contributed by atoms with Gasteiger partial charge >= 0.3 is 6.03 Å². The molecule has 0 radical (unpaired) electrons. The molecule has 1 heterocycles. The van der Waals surface area contributed by atoms with Gasteiger partial charge in [0.05, 0.1) is 52.1 Å². The van der Waals surface area contributed by atoms with Crippen LogP contribution in [0.2, 0.25) is 0 Å². The van der Waals surface area contributed by atoms with Gasteiger partial charge in [-0.25, -0.2) is 4.79 Å². The average Bonchev–Trinajstić information content (AvgIpc) is 2.87. The summed E-state index contributed by atoms with van der Waals surface area (Å²) in [6.07, 6.45) is 0. The first kappa shape index (κ1) is 28.5. The number of nitrogens with one attached hydrogen (secondary N) is 4. The van der Waals surface area contributed by atoms with Gasteiger partial charge in [0.2, 0.25) is 10.8 Å². The standard InChI is InChI=1S/C22H34N6O6S/c1-16-13-25-22(30)27-21(16)35-19(15-34-12-11-33-10-9-32-8-7-26-28-23)20(29)24-14-17-3-5-18(31-2)6-4-17/h3-6,16,19,21,23H,7-15H2,1-2H3,(H2-,24,25,27,29,30)/p+1/t16?,19-,21?/m0/s1. The number of thioether (sulfide) groups is 1. The van der Waals surface area contributed by atoms with Crippen molar-refractivity contribution in [1.29, 1.82) is 5.53 Å². The third-order valence-electron chi connectivity index (χ3n) is 5.02. The van der Waals surface area contributed by atoms with Crippen LogP contribution < -0.4 is 25.6 Å². The van der Waals surface area contributed by atoms with E-state index in [4.69, 9.17) is 24.5 Å². The first-order chi connectivity index (χ1) is 17.0. The molecule has 1 aliphatic rings. The molecule has 1 saturated heterocycles. The third-order valence-corrected chi connectivity index (χ3v) is 6.58. The lowest BCUT2D eigenvalue weighted by molar-refractivity contribution is -0.121. The van der Waals surface area contributed by atoms with Gasteiger partial charge in [0, 0.05) is 19.0 Å². The van der Waals surface area contributed by atoms with Crippen LogP contribution in [-0.4, -0.2) is 82.4 Å². The molecule has 2 rings (SSSR count). The van der Waals surface area contributed by atoms with Crippen LogP contribution >= 0.6 is 11.8 Å². The van der Waals surface area contributed by atoms with Crippen molar-refractivity contribution in [2.24, 2.45) is 11.0 Å². The fourth-order valence-electron chi connectivity index (χ4n) is 3.04. The highest BCUT2D eigenvalue weighted by Gasteiger charge is 2.31. The Morgan fingerprint density at radius 1 is 1.20 bits per heavy atom. The Bertz CT molecular complexity index is 823. The minimum absolute atomic E-state index is 0.153. The van der Waals surface area contributed by atoms with E-state index in [-0.39, 0.29) is 29.8 Å². The summed E-state index contributed by atoms with van der Waals surface area (Å²) in [4.78, 5) is 27.6. The monoisotopic (exact) mass is 511 g/mol. The van der Waals surface area contributed by atoms with Crippen molar-refractivity contribution in [2.75, 3.05) is 59.8 Å². The molecular weight excluding hydrogens is 476 g/mol. The van der Waals surface area contributed by atoms with Gasteiger partial charge in [-0.2, -0.15) is 0 Å². The van der Waals surface area contributed by atoms with E-state index in [2.05, 4.69) is 26.0 Å². The predicted molar refractivity (Wildman–Crippen MR) is 130 cm³/mol. The molecule has 1 fully saturated rings. The second-order valence-corrected chi connectivity index (χ2v) is 9.06. The van der Waals surface area contributed by atoms with E-state index in [9.17, 15) is 9.59 Å². The molecule has 0 bridgehead atoms. The first-order valence-corrected chi connectivity index (χ1v) is 12.3. The molecule has 1 aromatic rings. The van der Waals surface area contributed by atoms with Gasteiger partial charge < -0.3 is 34.9 Å². The number of urea groups is 1. The summed E-state index contributed by atoms with van der Waals surface area (Å²) in [5.41, 5.74) is 7.50. The summed E-state index contributed by atoms with van der Waals surface area (Å²) in [6.45, 7) is 5.36. The Labute approximate surface area is 209 Å². The normalized spacial score (nSPS) is 18.1. The minimum atomic E-state index is -0.506. The smallest absolute Gasteiger partial charge is 0.315 e. The topological polar surface area (TPSA) is 157 Å².